The lowest BCUT2D eigenvalue weighted by molar-refractivity contribution is -0.131. The van der Waals surface area contributed by atoms with Crippen LogP contribution in [0.3, 0.4) is 0 Å². The smallest absolute Gasteiger partial charge is 0.404 e. The molecule has 1 aromatic carbocycles. The Morgan fingerprint density at radius 3 is 2.83 bits per heavy atom. The topological polar surface area (TPSA) is 117 Å². The standard InChI is InChI=1S/C17H21N3O4/c18-17(23)24-14-8-4-3-7-13(14)20-16(22)15(21)11-9-19-12-6-2-1-5-10(11)12/h1-2,5-6,9,13-15,19,21H,3-4,7-8H2,(H2,18,23)(H,20,22)/t13-,14-,15?/m1/s1. The highest BCUT2D eigenvalue weighted by molar-refractivity contribution is 5.91. The molecule has 1 fully saturated rings. The number of fused-ring (bicyclic) bond motifs is 1. The second-order valence-corrected chi connectivity index (χ2v) is 6.07. The second-order valence-electron chi connectivity index (χ2n) is 6.07. The van der Waals surface area contributed by atoms with Gasteiger partial charge in [-0.15, -0.1) is 0 Å². The van der Waals surface area contributed by atoms with Crippen LogP contribution in [0.25, 0.3) is 10.9 Å². The fourth-order valence-corrected chi connectivity index (χ4v) is 3.28. The van der Waals surface area contributed by atoms with Crippen molar-refractivity contribution in [3.8, 4) is 0 Å². The SMILES string of the molecule is NC(=O)O[C@@H]1CCCC[C@H]1NC(=O)C(O)c1c[nH]c2ccccc12. The van der Waals surface area contributed by atoms with Gasteiger partial charge in [-0.25, -0.2) is 4.79 Å². The number of hydrogen-bond acceptors (Lipinski definition) is 4. The van der Waals surface area contributed by atoms with Crippen LogP contribution in [0.4, 0.5) is 4.79 Å². The van der Waals surface area contributed by atoms with E-state index in [4.69, 9.17) is 10.5 Å². The van der Waals surface area contributed by atoms with Crippen molar-refractivity contribution >= 4 is 22.9 Å². The first kappa shape index (κ1) is 16.3. The highest BCUT2D eigenvalue weighted by Crippen LogP contribution is 2.26. The lowest BCUT2D eigenvalue weighted by Crippen LogP contribution is -2.48. The molecule has 7 nitrogen and oxygen atoms in total. The molecular formula is C17H21N3O4. The van der Waals surface area contributed by atoms with Gasteiger partial charge in [-0.1, -0.05) is 24.6 Å². The van der Waals surface area contributed by atoms with E-state index >= 15 is 0 Å². The summed E-state index contributed by atoms with van der Waals surface area (Å²) in [5, 5.41) is 14.0. The number of ether oxygens (including phenoxy) is 1. The number of amides is 2. The number of rotatable bonds is 4. The summed E-state index contributed by atoms with van der Waals surface area (Å²) in [6.07, 6.45) is 2.21. The maximum absolute atomic E-state index is 12.4. The third-order valence-electron chi connectivity index (χ3n) is 4.46. The van der Waals surface area contributed by atoms with Crippen molar-refractivity contribution in [2.45, 2.75) is 43.9 Å². The minimum atomic E-state index is -1.29. The van der Waals surface area contributed by atoms with E-state index in [0.717, 1.165) is 23.7 Å². The van der Waals surface area contributed by atoms with Crippen molar-refractivity contribution in [1.82, 2.24) is 10.3 Å². The van der Waals surface area contributed by atoms with E-state index in [2.05, 4.69) is 10.3 Å². The molecule has 24 heavy (non-hydrogen) atoms. The zero-order valence-electron chi connectivity index (χ0n) is 13.2. The first-order chi connectivity index (χ1) is 11.6. The Labute approximate surface area is 139 Å². The number of aromatic amines is 1. The van der Waals surface area contributed by atoms with Crippen molar-refractivity contribution in [3.05, 3.63) is 36.0 Å². The molecule has 1 aromatic heterocycles. The third-order valence-corrected chi connectivity index (χ3v) is 4.46. The monoisotopic (exact) mass is 331 g/mol. The fraction of sp³-hybridized carbons (Fsp3) is 0.412. The molecule has 1 heterocycles. The van der Waals surface area contributed by atoms with Gasteiger partial charge in [-0.2, -0.15) is 0 Å². The van der Waals surface area contributed by atoms with Gasteiger partial charge in [0, 0.05) is 22.7 Å². The van der Waals surface area contributed by atoms with Gasteiger partial charge in [0.1, 0.15) is 6.10 Å². The zero-order valence-corrected chi connectivity index (χ0v) is 13.2. The summed E-state index contributed by atoms with van der Waals surface area (Å²) in [7, 11) is 0. The van der Waals surface area contributed by atoms with E-state index in [9.17, 15) is 14.7 Å². The summed E-state index contributed by atoms with van der Waals surface area (Å²) in [5.74, 6) is -0.510. The van der Waals surface area contributed by atoms with Crippen molar-refractivity contribution in [2.24, 2.45) is 5.73 Å². The molecule has 1 saturated carbocycles. The van der Waals surface area contributed by atoms with Crippen molar-refractivity contribution < 1.29 is 19.4 Å². The highest BCUT2D eigenvalue weighted by atomic mass is 16.6. The number of nitrogens with two attached hydrogens (primary N) is 1. The summed E-state index contributed by atoms with van der Waals surface area (Å²) in [4.78, 5) is 26.5. The molecule has 3 atom stereocenters. The average molecular weight is 331 g/mol. The van der Waals surface area contributed by atoms with Crippen molar-refractivity contribution in [3.63, 3.8) is 0 Å². The molecule has 5 N–H and O–H groups in total. The molecule has 0 aliphatic heterocycles. The molecule has 0 radical (unpaired) electrons. The van der Waals surface area contributed by atoms with Gasteiger partial charge in [-0.05, 0) is 25.3 Å². The molecule has 0 spiro atoms. The predicted octanol–water partition coefficient (Wildman–Crippen LogP) is 1.72. The number of hydrogen-bond donors (Lipinski definition) is 4. The molecule has 128 valence electrons. The summed E-state index contributed by atoms with van der Waals surface area (Å²) in [5.41, 5.74) is 6.46. The molecule has 0 bridgehead atoms. The fourth-order valence-electron chi connectivity index (χ4n) is 3.28. The van der Waals surface area contributed by atoms with E-state index in [1.165, 1.54) is 0 Å². The number of carbonyl (C=O) groups excluding carboxylic acids is 2. The quantitative estimate of drug-likeness (QED) is 0.682. The molecular weight excluding hydrogens is 310 g/mol. The van der Waals surface area contributed by atoms with E-state index < -0.39 is 24.2 Å². The lowest BCUT2D eigenvalue weighted by Gasteiger charge is -2.31. The van der Waals surface area contributed by atoms with E-state index in [1.807, 2.05) is 24.3 Å². The molecule has 7 heteroatoms. The van der Waals surface area contributed by atoms with Gasteiger partial charge in [-0.3, -0.25) is 4.79 Å². The van der Waals surface area contributed by atoms with Gasteiger partial charge in [0.2, 0.25) is 0 Å². The number of H-pyrrole nitrogens is 1. The minimum Gasteiger partial charge on any atom is -0.444 e. The van der Waals surface area contributed by atoms with Crippen LogP contribution in [0.5, 0.6) is 0 Å². The van der Waals surface area contributed by atoms with E-state index in [-0.39, 0.29) is 6.04 Å². The Balaban J connectivity index is 1.72. The van der Waals surface area contributed by atoms with Crippen LogP contribution in [0, 0.1) is 0 Å². The maximum Gasteiger partial charge on any atom is 0.404 e. The van der Waals surface area contributed by atoms with E-state index in [0.29, 0.717) is 18.4 Å². The summed E-state index contributed by atoms with van der Waals surface area (Å²) in [6, 6.07) is 7.11. The van der Waals surface area contributed by atoms with Crippen LogP contribution in [-0.4, -0.2) is 34.2 Å². The van der Waals surface area contributed by atoms with Crippen LogP contribution in [-0.2, 0) is 9.53 Å². The number of carbonyl (C=O) groups is 2. The molecule has 1 unspecified atom stereocenters. The van der Waals surface area contributed by atoms with Gasteiger partial charge in [0.25, 0.3) is 5.91 Å². The van der Waals surface area contributed by atoms with Crippen LogP contribution in [0.1, 0.15) is 37.4 Å². The van der Waals surface area contributed by atoms with Gasteiger partial charge in [0.15, 0.2) is 6.10 Å². The highest BCUT2D eigenvalue weighted by Gasteiger charge is 2.31. The lowest BCUT2D eigenvalue weighted by atomic mass is 9.92. The second kappa shape index (κ2) is 6.92. The minimum absolute atomic E-state index is 0.335. The molecule has 1 aliphatic rings. The Kier molecular flexibility index (Phi) is 4.71. The Hall–Kier alpha value is -2.54. The Morgan fingerprint density at radius 2 is 2.04 bits per heavy atom. The number of aliphatic hydroxyl groups is 1. The van der Waals surface area contributed by atoms with E-state index in [1.54, 1.807) is 6.20 Å². The van der Waals surface area contributed by atoms with Crippen molar-refractivity contribution in [1.29, 1.82) is 0 Å². The number of aliphatic hydroxyl groups excluding tert-OH is 1. The normalized spacial score (nSPS) is 22.0. The van der Waals surface area contributed by atoms with Gasteiger partial charge < -0.3 is 25.9 Å². The first-order valence-corrected chi connectivity index (χ1v) is 8.07. The van der Waals surface area contributed by atoms with Crippen LogP contribution >= 0.6 is 0 Å². The van der Waals surface area contributed by atoms with Gasteiger partial charge >= 0.3 is 6.09 Å². The number of nitrogens with one attached hydrogen (secondary N) is 2. The molecule has 2 amide bonds. The molecule has 2 aromatic rings. The van der Waals surface area contributed by atoms with Crippen LogP contribution in [0.15, 0.2) is 30.5 Å². The summed E-state index contributed by atoms with van der Waals surface area (Å²) < 4.78 is 5.08. The maximum atomic E-state index is 12.4. The first-order valence-electron chi connectivity index (χ1n) is 8.07. The Bertz CT molecular complexity index is 742. The van der Waals surface area contributed by atoms with Gasteiger partial charge in [0.05, 0.1) is 6.04 Å². The van der Waals surface area contributed by atoms with Crippen LogP contribution < -0.4 is 11.1 Å². The Morgan fingerprint density at radius 1 is 1.29 bits per heavy atom. The zero-order chi connectivity index (χ0) is 17.1. The molecule has 1 aliphatic carbocycles. The summed E-state index contributed by atoms with van der Waals surface area (Å²) in [6.45, 7) is 0. The molecule has 3 rings (SSSR count). The van der Waals surface area contributed by atoms with Crippen molar-refractivity contribution in [2.75, 3.05) is 0 Å². The predicted molar refractivity (Wildman–Crippen MR) is 88.1 cm³/mol. The number of aromatic nitrogens is 1. The summed E-state index contributed by atoms with van der Waals surface area (Å²) >= 11 is 0. The number of primary amides is 1. The number of benzene rings is 1. The largest absolute Gasteiger partial charge is 0.444 e. The average Bonchev–Trinajstić information content (AvgIpc) is 2.99. The van der Waals surface area contributed by atoms with Crippen LogP contribution in [0.2, 0.25) is 0 Å². The third kappa shape index (κ3) is 3.35. The number of para-hydroxylation sites is 1. The molecule has 0 saturated heterocycles.